The molecule has 0 aromatic heterocycles. The minimum Gasteiger partial charge on any atom is -0.355 e. The maximum absolute atomic E-state index is 13.3. The molecular weight excluding hydrogens is 462 g/mol. The van der Waals surface area contributed by atoms with Gasteiger partial charge in [-0.25, -0.2) is 8.42 Å². The molecule has 0 unspecified atom stereocenters. The summed E-state index contributed by atoms with van der Waals surface area (Å²) in [4.78, 5) is 27.8. The van der Waals surface area contributed by atoms with Gasteiger partial charge < -0.3 is 10.2 Å². The van der Waals surface area contributed by atoms with E-state index in [0.29, 0.717) is 30.1 Å². The van der Waals surface area contributed by atoms with E-state index in [1.165, 1.54) is 4.31 Å². The first kappa shape index (κ1) is 24.7. The van der Waals surface area contributed by atoms with Crippen LogP contribution in [0.3, 0.4) is 0 Å². The number of carbonyl (C=O) groups excluding carboxylic acids is 2. The summed E-state index contributed by atoms with van der Waals surface area (Å²) in [5.41, 5.74) is 2.67. The normalized spacial score (nSPS) is 14.7. The second-order valence-corrected chi connectivity index (χ2v) is 10.7. The zero-order chi connectivity index (χ0) is 25.2. The quantitative estimate of drug-likeness (QED) is 0.488. The lowest BCUT2D eigenvalue weighted by Crippen LogP contribution is -2.47. The Bertz CT molecular complexity index is 1360. The molecule has 0 saturated carbocycles. The van der Waals surface area contributed by atoms with Crippen LogP contribution < -0.4 is 9.62 Å². The third kappa shape index (κ3) is 4.75. The fourth-order valence-electron chi connectivity index (χ4n) is 4.59. The number of sulfonamides is 1. The number of amides is 2. The fraction of sp³-hybridized carbons (Fsp3) is 0.333. The molecular formula is C27H31N3O4S. The summed E-state index contributed by atoms with van der Waals surface area (Å²) in [5, 5.41) is 4.40. The van der Waals surface area contributed by atoms with Crippen molar-refractivity contribution in [2.45, 2.75) is 51.1 Å². The molecule has 0 spiro atoms. The van der Waals surface area contributed by atoms with Crippen LogP contribution in [0.2, 0.25) is 0 Å². The average molecular weight is 494 g/mol. The summed E-state index contributed by atoms with van der Waals surface area (Å²) in [6.07, 6.45) is 0.475. The Balaban J connectivity index is 1.50. The topological polar surface area (TPSA) is 86.8 Å². The first-order valence-corrected chi connectivity index (χ1v) is 13.4. The summed E-state index contributed by atoms with van der Waals surface area (Å²) in [6, 6.07) is 18.0. The van der Waals surface area contributed by atoms with Crippen molar-refractivity contribution in [2.75, 3.05) is 17.4 Å². The molecule has 7 nitrogen and oxygen atoms in total. The second-order valence-electron chi connectivity index (χ2n) is 8.83. The highest BCUT2D eigenvalue weighted by Crippen LogP contribution is 2.42. The average Bonchev–Trinajstić information content (AvgIpc) is 3.06. The van der Waals surface area contributed by atoms with Crippen molar-refractivity contribution in [3.8, 4) is 0 Å². The molecule has 0 radical (unpaired) electrons. The van der Waals surface area contributed by atoms with E-state index in [4.69, 9.17) is 0 Å². The maximum atomic E-state index is 13.3. The molecule has 1 heterocycles. The van der Waals surface area contributed by atoms with E-state index >= 15 is 0 Å². The molecule has 35 heavy (non-hydrogen) atoms. The molecule has 0 bridgehead atoms. The molecule has 1 N–H and O–H groups in total. The summed E-state index contributed by atoms with van der Waals surface area (Å²) >= 11 is 0. The van der Waals surface area contributed by atoms with Crippen LogP contribution in [0.4, 0.5) is 5.69 Å². The minimum atomic E-state index is -3.66. The highest BCUT2D eigenvalue weighted by atomic mass is 32.2. The Morgan fingerprint density at radius 1 is 1.03 bits per heavy atom. The third-order valence-electron chi connectivity index (χ3n) is 6.55. The Kier molecular flexibility index (Phi) is 7.12. The predicted octanol–water partition coefficient (Wildman–Crippen LogP) is 3.99. The van der Waals surface area contributed by atoms with Crippen molar-refractivity contribution in [3.05, 3.63) is 71.8 Å². The van der Waals surface area contributed by atoms with Gasteiger partial charge in [0, 0.05) is 31.4 Å². The Morgan fingerprint density at radius 3 is 2.46 bits per heavy atom. The van der Waals surface area contributed by atoms with Crippen LogP contribution in [0, 0.1) is 6.92 Å². The van der Waals surface area contributed by atoms with Gasteiger partial charge in [0.1, 0.15) is 6.04 Å². The fourth-order valence-corrected chi connectivity index (χ4v) is 6.34. The Labute approximate surface area is 206 Å². The number of hydrogen-bond donors (Lipinski definition) is 1. The molecule has 1 aliphatic rings. The van der Waals surface area contributed by atoms with Gasteiger partial charge in [-0.3, -0.25) is 13.9 Å². The standard InChI is InChI=1S/C27H31N3O4S/c1-4-28-27(32)20(3)29(18-22-11-6-5-10-19(22)2)25(31)16-9-17-30-23-14-7-12-21-13-8-15-24(26(21)23)35(30,33)34/h5-8,10-15,20H,4,9,16-18H2,1-3H3,(H,28,32)/t20-/m1/s1. The van der Waals surface area contributed by atoms with Crippen molar-refractivity contribution < 1.29 is 18.0 Å². The first-order chi connectivity index (χ1) is 16.8. The van der Waals surface area contributed by atoms with E-state index in [1.807, 2.05) is 56.3 Å². The molecule has 3 aromatic rings. The first-order valence-electron chi connectivity index (χ1n) is 11.9. The molecule has 2 amide bonds. The molecule has 3 aromatic carbocycles. The molecule has 4 rings (SSSR count). The number of likely N-dealkylation sites (N-methyl/N-ethyl adjacent to an activating group) is 1. The van der Waals surface area contributed by atoms with Crippen LogP contribution in [-0.2, 0) is 26.2 Å². The van der Waals surface area contributed by atoms with Gasteiger partial charge in [0.25, 0.3) is 10.0 Å². The Morgan fingerprint density at radius 2 is 1.74 bits per heavy atom. The number of rotatable bonds is 9. The minimum absolute atomic E-state index is 0.133. The number of aryl methyl sites for hydroxylation is 1. The number of nitrogens with one attached hydrogen (secondary N) is 1. The van der Waals surface area contributed by atoms with Crippen LogP contribution in [0.15, 0.2) is 65.6 Å². The van der Waals surface area contributed by atoms with Crippen LogP contribution >= 0.6 is 0 Å². The SMILES string of the molecule is CCNC(=O)[C@@H](C)N(Cc1ccccc1C)C(=O)CCCN1c2cccc3cccc(c23)S1(=O)=O. The number of benzene rings is 3. The zero-order valence-electron chi connectivity index (χ0n) is 20.3. The monoisotopic (exact) mass is 493 g/mol. The summed E-state index contributed by atoms with van der Waals surface area (Å²) in [5.74, 6) is -0.391. The van der Waals surface area contributed by atoms with Crippen molar-refractivity contribution in [1.29, 1.82) is 0 Å². The van der Waals surface area contributed by atoms with E-state index in [1.54, 1.807) is 30.0 Å². The molecule has 0 fully saturated rings. The van der Waals surface area contributed by atoms with E-state index in [9.17, 15) is 18.0 Å². The lowest BCUT2D eigenvalue weighted by molar-refractivity contribution is -0.140. The smallest absolute Gasteiger partial charge is 0.265 e. The van der Waals surface area contributed by atoms with E-state index < -0.39 is 16.1 Å². The van der Waals surface area contributed by atoms with Gasteiger partial charge in [0.2, 0.25) is 11.8 Å². The van der Waals surface area contributed by atoms with Crippen LogP contribution in [-0.4, -0.2) is 44.3 Å². The summed E-state index contributed by atoms with van der Waals surface area (Å²) in [7, 11) is -3.66. The van der Waals surface area contributed by atoms with Gasteiger partial charge in [-0.2, -0.15) is 0 Å². The van der Waals surface area contributed by atoms with E-state index in [2.05, 4.69) is 5.32 Å². The largest absolute Gasteiger partial charge is 0.355 e. The van der Waals surface area contributed by atoms with Gasteiger partial charge in [-0.1, -0.05) is 48.5 Å². The van der Waals surface area contributed by atoms with Crippen molar-refractivity contribution in [1.82, 2.24) is 10.2 Å². The molecule has 184 valence electrons. The Hall–Kier alpha value is -3.39. The van der Waals surface area contributed by atoms with Crippen LogP contribution in [0.25, 0.3) is 10.8 Å². The second kappa shape index (κ2) is 10.1. The number of anilines is 1. The summed E-state index contributed by atoms with van der Waals surface area (Å²) < 4.78 is 27.8. The lowest BCUT2D eigenvalue weighted by Gasteiger charge is -2.29. The van der Waals surface area contributed by atoms with Crippen molar-refractivity contribution in [3.63, 3.8) is 0 Å². The van der Waals surface area contributed by atoms with Gasteiger partial charge in [-0.15, -0.1) is 0 Å². The third-order valence-corrected chi connectivity index (χ3v) is 8.41. The molecule has 1 atom stereocenters. The molecule has 0 saturated heterocycles. The van der Waals surface area contributed by atoms with E-state index in [-0.39, 0.29) is 24.8 Å². The molecule has 1 aliphatic heterocycles. The number of carbonyl (C=O) groups is 2. The number of nitrogens with zero attached hydrogens (tertiary/aromatic N) is 2. The van der Waals surface area contributed by atoms with Crippen LogP contribution in [0.1, 0.15) is 37.8 Å². The molecule has 0 aliphatic carbocycles. The van der Waals surface area contributed by atoms with Gasteiger partial charge in [-0.05, 0) is 55.8 Å². The van der Waals surface area contributed by atoms with Crippen molar-refractivity contribution >= 4 is 38.3 Å². The van der Waals surface area contributed by atoms with Crippen LogP contribution in [0.5, 0.6) is 0 Å². The van der Waals surface area contributed by atoms with Crippen molar-refractivity contribution in [2.24, 2.45) is 0 Å². The highest BCUT2D eigenvalue weighted by Gasteiger charge is 2.35. The molecule has 8 heteroatoms. The van der Waals surface area contributed by atoms with E-state index in [0.717, 1.165) is 21.9 Å². The lowest BCUT2D eigenvalue weighted by atomic mass is 10.1. The highest BCUT2D eigenvalue weighted by molar-refractivity contribution is 7.93. The van der Waals surface area contributed by atoms with Gasteiger partial charge >= 0.3 is 0 Å². The maximum Gasteiger partial charge on any atom is 0.265 e. The van der Waals surface area contributed by atoms with Gasteiger partial charge in [0.15, 0.2) is 0 Å². The van der Waals surface area contributed by atoms with Gasteiger partial charge in [0.05, 0.1) is 10.6 Å². The predicted molar refractivity (Wildman–Crippen MR) is 138 cm³/mol. The number of hydrogen-bond acceptors (Lipinski definition) is 4. The summed E-state index contributed by atoms with van der Waals surface area (Å²) in [6.45, 7) is 6.53. The zero-order valence-corrected chi connectivity index (χ0v) is 21.1.